The van der Waals surface area contributed by atoms with Crippen LogP contribution < -0.4 is 15.6 Å². The van der Waals surface area contributed by atoms with Gasteiger partial charge in [0.25, 0.3) is 0 Å². The lowest BCUT2D eigenvalue weighted by atomic mass is 9.94. The topological polar surface area (TPSA) is 79.4 Å². The number of aromatic nitrogens is 2. The minimum atomic E-state index is -0.321. The van der Waals surface area contributed by atoms with Gasteiger partial charge in [0, 0.05) is 37.9 Å². The molecule has 1 amide bonds. The Morgan fingerprint density at radius 2 is 2.00 bits per heavy atom. The average Bonchev–Trinajstić information content (AvgIpc) is 3.24. The molecule has 2 aliphatic heterocycles. The Bertz CT molecular complexity index is 795. The van der Waals surface area contributed by atoms with Gasteiger partial charge in [-0.15, -0.1) is 0 Å². The lowest BCUT2D eigenvalue weighted by Crippen LogP contribution is -2.48. The number of hydrazine groups is 1. The van der Waals surface area contributed by atoms with Gasteiger partial charge in [-0.25, -0.2) is 14.8 Å². The SMILES string of the molecule is O=C(C1CCNN1)N1CCCC(c2nccnc2Oc2ccc(F)cc2)C1. The van der Waals surface area contributed by atoms with Crippen molar-refractivity contribution >= 4 is 5.91 Å². The maximum absolute atomic E-state index is 13.1. The molecular formula is C19H22FN5O2. The van der Waals surface area contributed by atoms with Crippen LogP contribution in [0.3, 0.4) is 0 Å². The monoisotopic (exact) mass is 371 g/mol. The van der Waals surface area contributed by atoms with E-state index in [1.165, 1.54) is 12.1 Å². The molecule has 0 spiro atoms. The van der Waals surface area contributed by atoms with E-state index in [-0.39, 0.29) is 23.7 Å². The summed E-state index contributed by atoms with van der Waals surface area (Å²) in [5.41, 5.74) is 6.77. The number of amides is 1. The Kier molecular flexibility index (Phi) is 5.26. The molecule has 2 fully saturated rings. The van der Waals surface area contributed by atoms with Crippen molar-refractivity contribution in [3.8, 4) is 11.6 Å². The van der Waals surface area contributed by atoms with E-state index < -0.39 is 0 Å². The number of hydrogen-bond donors (Lipinski definition) is 2. The normalized spacial score (nSPS) is 22.6. The quantitative estimate of drug-likeness (QED) is 0.856. The van der Waals surface area contributed by atoms with Crippen molar-refractivity contribution in [1.82, 2.24) is 25.7 Å². The maximum Gasteiger partial charge on any atom is 0.241 e. The third-order valence-corrected chi connectivity index (χ3v) is 4.97. The third kappa shape index (κ3) is 4.06. The van der Waals surface area contributed by atoms with Gasteiger partial charge in [-0.2, -0.15) is 0 Å². The summed E-state index contributed by atoms with van der Waals surface area (Å²) in [6.45, 7) is 2.14. The van der Waals surface area contributed by atoms with Crippen molar-refractivity contribution in [3.63, 3.8) is 0 Å². The van der Waals surface area contributed by atoms with Crippen LogP contribution in [-0.4, -0.2) is 46.5 Å². The molecule has 0 saturated carbocycles. The molecule has 4 rings (SSSR count). The number of benzene rings is 1. The smallest absolute Gasteiger partial charge is 0.241 e. The van der Waals surface area contributed by atoms with Gasteiger partial charge >= 0.3 is 0 Å². The number of nitrogens with one attached hydrogen (secondary N) is 2. The number of nitrogens with zero attached hydrogens (tertiary/aromatic N) is 3. The van der Waals surface area contributed by atoms with Crippen LogP contribution in [0, 0.1) is 5.82 Å². The Hall–Kier alpha value is -2.58. The van der Waals surface area contributed by atoms with Crippen molar-refractivity contribution < 1.29 is 13.9 Å². The Labute approximate surface area is 156 Å². The van der Waals surface area contributed by atoms with Gasteiger partial charge in [-0.1, -0.05) is 0 Å². The molecule has 1 aromatic heterocycles. The van der Waals surface area contributed by atoms with E-state index in [9.17, 15) is 9.18 Å². The molecule has 2 N–H and O–H groups in total. The summed E-state index contributed by atoms with van der Waals surface area (Å²) in [5.74, 6) is 0.765. The van der Waals surface area contributed by atoms with Crippen LogP contribution in [0.25, 0.3) is 0 Å². The molecule has 0 aliphatic carbocycles. The molecule has 8 heteroatoms. The minimum Gasteiger partial charge on any atom is -0.437 e. The summed E-state index contributed by atoms with van der Waals surface area (Å²) in [4.78, 5) is 23.4. The lowest BCUT2D eigenvalue weighted by Gasteiger charge is -2.34. The molecule has 1 aromatic carbocycles. The van der Waals surface area contributed by atoms with E-state index in [0.29, 0.717) is 18.2 Å². The van der Waals surface area contributed by atoms with E-state index in [1.807, 2.05) is 4.90 Å². The second kappa shape index (κ2) is 7.98. The highest BCUT2D eigenvalue weighted by atomic mass is 19.1. The molecular weight excluding hydrogens is 349 g/mol. The number of halogens is 1. The maximum atomic E-state index is 13.1. The third-order valence-electron chi connectivity index (χ3n) is 4.97. The Morgan fingerprint density at radius 3 is 2.78 bits per heavy atom. The van der Waals surface area contributed by atoms with Gasteiger partial charge in [0.15, 0.2) is 0 Å². The van der Waals surface area contributed by atoms with Crippen molar-refractivity contribution in [2.24, 2.45) is 0 Å². The summed E-state index contributed by atoms with van der Waals surface area (Å²) in [5, 5.41) is 0. The summed E-state index contributed by atoms with van der Waals surface area (Å²) >= 11 is 0. The van der Waals surface area contributed by atoms with E-state index in [0.717, 1.165) is 38.0 Å². The van der Waals surface area contributed by atoms with Crippen LogP contribution in [-0.2, 0) is 4.79 Å². The zero-order valence-electron chi connectivity index (χ0n) is 14.9. The van der Waals surface area contributed by atoms with Crippen LogP contribution in [0.1, 0.15) is 30.9 Å². The number of piperidine rings is 1. The molecule has 3 heterocycles. The van der Waals surface area contributed by atoms with Crippen LogP contribution in [0.5, 0.6) is 11.6 Å². The number of carbonyl (C=O) groups excluding carboxylic acids is 1. The minimum absolute atomic E-state index is 0.0567. The zero-order chi connectivity index (χ0) is 18.6. The lowest BCUT2D eigenvalue weighted by molar-refractivity contribution is -0.134. The fourth-order valence-electron chi connectivity index (χ4n) is 3.60. The van der Waals surface area contributed by atoms with Gasteiger partial charge < -0.3 is 9.64 Å². The van der Waals surface area contributed by atoms with Crippen LogP contribution in [0.2, 0.25) is 0 Å². The van der Waals surface area contributed by atoms with Gasteiger partial charge in [0.2, 0.25) is 11.8 Å². The number of carbonyl (C=O) groups is 1. The predicted octanol–water partition coefficient (Wildman–Crippen LogP) is 1.98. The predicted molar refractivity (Wildman–Crippen MR) is 96.6 cm³/mol. The summed E-state index contributed by atoms with van der Waals surface area (Å²) < 4.78 is 19.0. The molecule has 2 aromatic rings. The molecule has 2 unspecified atom stereocenters. The first-order valence-electron chi connectivity index (χ1n) is 9.22. The molecule has 2 atom stereocenters. The van der Waals surface area contributed by atoms with E-state index >= 15 is 0 Å². The fraction of sp³-hybridized carbons (Fsp3) is 0.421. The molecule has 2 saturated heterocycles. The van der Waals surface area contributed by atoms with Gasteiger partial charge in [0.05, 0.1) is 0 Å². The van der Waals surface area contributed by atoms with Crippen molar-refractivity contribution in [1.29, 1.82) is 0 Å². The van der Waals surface area contributed by atoms with Crippen molar-refractivity contribution in [2.75, 3.05) is 19.6 Å². The largest absolute Gasteiger partial charge is 0.437 e. The first kappa shape index (κ1) is 17.8. The van der Waals surface area contributed by atoms with Crippen LogP contribution in [0.4, 0.5) is 4.39 Å². The van der Waals surface area contributed by atoms with Crippen molar-refractivity contribution in [2.45, 2.75) is 31.2 Å². The molecule has 2 aliphatic rings. The van der Waals surface area contributed by atoms with Gasteiger partial charge in [0.1, 0.15) is 23.3 Å². The average molecular weight is 371 g/mol. The van der Waals surface area contributed by atoms with E-state index in [2.05, 4.69) is 20.8 Å². The second-order valence-corrected chi connectivity index (χ2v) is 6.84. The molecule has 27 heavy (non-hydrogen) atoms. The van der Waals surface area contributed by atoms with E-state index in [4.69, 9.17) is 4.74 Å². The molecule has 0 bridgehead atoms. The summed E-state index contributed by atoms with van der Waals surface area (Å²) in [7, 11) is 0. The first-order chi connectivity index (χ1) is 13.2. The van der Waals surface area contributed by atoms with Crippen LogP contribution in [0.15, 0.2) is 36.7 Å². The van der Waals surface area contributed by atoms with Gasteiger partial charge in [-0.3, -0.25) is 15.2 Å². The number of hydrogen-bond acceptors (Lipinski definition) is 6. The second-order valence-electron chi connectivity index (χ2n) is 6.84. The van der Waals surface area contributed by atoms with Crippen molar-refractivity contribution in [3.05, 3.63) is 48.2 Å². The fourth-order valence-corrected chi connectivity index (χ4v) is 3.60. The highest BCUT2D eigenvalue weighted by molar-refractivity contribution is 5.82. The highest BCUT2D eigenvalue weighted by Gasteiger charge is 2.32. The molecule has 7 nitrogen and oxygen atoms in total. The highest BCUT2D eigenvalue weighted by Crippen LogP contribution is 2.32. The Balaban J connectivity index is 1.50. The standard InChI is InChI=1S/C19H22FN5O2/c20-14-3-5-15(6-4-14)27-18-17(21-9-10-22-18)13-2-1-11-25(12-13)19(26)16-7-8-23-24-16/h3-6,9-10,13,16,23-24H,1-2,7-8,11-12H2. The number of rotatable bonds is 4. The van der Waals surface area contributed by atoms with Gasteiger partial charge in [-0.05, 0) is 43.5 Å². The Morgan fingerprint density at radius 1 is 1.19 bits per heavy atom. The summed E-state index contributed by atoms with van der Waals surface area (Å²) in [6.07, 6.45) is 5.82. The number of likely N-dealkylation sites (tertiary alicyclic amines) is 1. The van der Waals surface area contributed by atoms with E-state index in [1.54, 1.807) is 24.5 Å². The van der Waals surface area contributed by atoms with Crippen LogP contribution >= 0.6 is 0 Å². The molecule has 142 valence electrons. The number of ether oxygens (including phenoxy) is 1. The first-order valence-corrected chi connectivity index (χ1v) is 9.22. The summed E-state index contributed by atoms with van der Waals surface area (Å²) in [6, 6.07) is 5.64. The molecule has 0 radical (unpaired) electrons. The zero-order valence-corrected chi connectivity index (χ0v) is 14.9.